The van der Waals surface area contributed by atoms with Crippen molar-refractivity contribution in [2.24, 2.45) is 0 Å². The van der Waals surface area contributed by atoms with Crippen LogP contribution in [0.15, 0.2) is 85.2 Å². The SMILES string of the molecule is CCC(=O)Nc1ccc(N2C(=S)N[C@H](c3ccccn3)[C@@H]2c2cccn2-c2nc3ccccc3s2)cc1C. The molecule has 1 fully saturated rings. The van der Waals surface area contributed by atoms with E-state index in [1.807, 2.05) is 74.6 Å². The lowest BCUT2D eigenvalue weighted by molar-refractivity contribution is -0.115. The summed E-state index contributed by atoms with van der Waals surface area (Å²) in [4.78, 5) is 23.7. The maximum atomic E-state index is 12.0. The number of thiocarbonyl (C=S) groups is 1. The Balaban J connectivity index is 1.46. The second-order valence-corrected chi connectivity index (χ2v) is 10.6. The molecule has 0 unspecified atom stereocenters. The van der Waals surface area contributed by atoms with Crippen molar-refractivity contribution < 1.29 is 4.79 Å². The highest BCUT2D eigenvalue weighted by molar-refractivity contribution is 7.80. The lowest BCUT2D eigenvalue weighted by Gasteiger charge is -2.29. The molecule has 1 aliphatic heterocycles. The van der Waals surface area contributed by atoms with Crippen molar-refractivity contribution in [1.82, 2.24) is 19.9 Å². The summed E-state index contributed by atoms with van der Waals surface area (Å²) in [5.74, 6) is -0.0130. The number of amides is 1. The molecule has 1 amide bonds. The van der Waals surface area contributed by atoms with E-state index in [4.69, 9.17) is 17.2 Å². The lowest BCUT2D eigenvalue weighted by Crippen LogP contribution is -2.30. The van der Waals surface area contributed by atoms with Crippen LogP contribution in [0.2, 0.25) is 0 Å². The Morgan fingerprint density at radius 3 is 2.71 bits per heavy atom. The molecule has 0 bridgehead atoms. The molecule has 6 rings (SSSR count). The highest BCUT2D eigenvalue weighted by Crippen LogP contribution is 2.43. The van der Waals surface area contributed by atoms with E-state index in [1.54, 1.807) is 11.3 Å². The summed E-state index contributed by atoms with van der Waals surface area (Å²) in [6.45, 7) is 3.84. The average molecular weight is 539 g/mol. The quantitative estimate of drug-likeness (QED) is 0.247. The molecule has 0 radical (unpaired) electrons. The standard InChI is InChI=1S/C29H26N6OS2/c1-3-25(36)31-20-14-13-19(17-18(20)2)35-27(26(33-28(35)37)22-10-6-7-15-30-22)23-11-8-16-34(23)29-32-21-9-4-5-12-24(21)38-29/h4-17,26-27H,3H2,1-2H3,(H,31,36)(H,33,37)/t26-,27+/m1/s1. The molecule has 190 valence electrons. The van der Waals surface area contributed by atoms with Crippen LogP contribution in [0.25, 0.3) is 15.3 Å². The van der Waals surface area contributed by atoms with E-state index >= 15 is 0 Å². The van der Waals surface area contributed by atoms with Crippen molar-refractivity contribution in [2.75, 3.05) is 10.2 Å². The number of anilines is 2. The molecule has 4 heterocycles. The predicted octanol–water partition coefficient (Wildman–Crippen LogP) is 6.32. The molecular weight excluding hydrogens is 512 g/mol. The zero-order chi connectivity index (χ0) is 26.2. The number of rotatable bonds is 6. The molecular formula is C29H26N6OS2. The van der Waals surface area contributed by atoms with Gasteiger partial charge in [0, 0.05) is 30.2 Å². The van der Waals surface area contributed by atoms with Crippen molar-refractivity contribution in [2.45, 2.75) is 32.4 Å². The Labute approximate surface area is 230 Å². The van der Waals surface area contributed by atoms with Gasteiger partial charge in [0.05, 0.1) is 27.6 Å². The van der Waals surface area contributed by atoms with Gasteiger partial charge < -0.3 is 15.5 Å². The van der Waals surface area contributed by atoms with Gasteiger partial charge in [0.25, 0.3) is 0 Å². The van der Waals surface area contributed by atoms with Crippen molar-refractivity contribution >= 4 is 56.2 Å². The van der Waals surface area contributed by atoms with E-state index in [1.165, 1.54) is 0 Å². The number of para-hydroxylation sites is 1. The Morgan fingerprint density at radius 1 is 1.11 bits per heavy atom. The van der Waals surface area contributed by atoms with Gasteiger partial charge in [-0.3, -0.25) is 14.3 Å². The van der Waals surface area contributed by atoms with E-state index in [9.17, 15) is 4.79 Å². The van der Waals surface area contributed by atoms with Gasteiger partial charge in [-0.25, -0.2) is 4.98 Å². The fourth-order valence-electron chi connectivity index (χ4n) is 4.88. The number of nitrogens with zero attached hydrogens (tertiary/aromatic N) is 4. The zero-order valence-corrected chi connectivity index (χ0v) is 22.6. The summed E-state index contributed by atoms with van der Waals surface area (Å²) >= 11 is 7.58. The predicted molar refractivity (Wildman–Crippen MR) is 157 cm³/mol. The Bertz CT molecular complexity index is 1610. The first kappa shape index (κ1) is 24.3. The highest BCUT2D eigenvalue weighted by atomic mass is 32.1. The largest absolute Gasteiger partial charge is 0.351 e. The third-order valence-corrected chi connectivity index (χ3v) is 8.10. The molecule has 1 saturated heterocycles. The number of aromatic nitrogens is 3. The number of pyridine rings is 1. The molecule has 5 aromatic rings. The number of benzene rings is 2. The number of carbonyl (C=O) groups is 1. The maximum absolute atomic E-state index is 12.0. The third kappa shape index (κ3) is 4.33. The molecule has 2 atom stereocenters. The monoisotopic (exact) mass is 538 g/mol. The lowest BCUT2D eigenvalue weighted by atomic mass is 10.0. The minimum atomic E-state index is -0.185. The van der Waals surface area contributed by atoms with Gasteiger partial charge in [0.2, 0.25) is 5.91 Å². The van der Waals surface area contributed by atoms with Gasteiger partial charge in [-0.15, -0.1) is 0 Å². The number of fused-ring (bicyclic) bond motifs is 1. The van der Waals surface area contributed by atoms with Gasteiger partial charge in [-0.1, -0.05) is 36.5 Å². The summed E-state index contributed by atoms with van der Waals surface area (Å²) in [5, 5.41) is 8.03. The van der Waals surface area contributed by atoms with Crippen LogP contribution >= 0.6 is 23.6 Å². The summed E-state index contributed by atoms with van der Waals surface area (Å²) in [6.07, 6.45) is 4.29. The number of aryl methyl sites for hydroxylation is 1. The maximum Gasteiger partial charge on any atom is 0.224 e. The van der Waals surface area contributed by atoms with Gasteiger partial charge in [-0.05, 0) is 79.3 Å². The Kier molecular flexibility index (Phi) is 6.39. The third-order valence-electron chi connectivity index (χ3n) is 6.75. The average Bonchev–Trinajstić information content (AvgIpc) is 3.66. The molecule has 3 aromatic heterocycles. The van der Waals surface area contributed by atoms with Crippen LogP contribution < -0.4 is 15.5 Å². The molecule has 0 saturated carbocycles. The fraction of sp³-hybridized carbons (Fsp3) is 0.172. The molecule has 7 nitrogen and oxygen atoms in total. The zero-order valence-electron chi connectivity index (χ0n) is 21.0. The number of hydrogen-bond acceptors (Lipinski definition) is 5. The van der Waals surface area contributed by atoms with Crippen LogP contribution in [-0.2, 0) is 4.79 Å². The van der Waals surface area contributed by atoms with E-state index in [0.717, 1.165) is 43.7 Å². The minimum Gasteiger partial charge on any atom is -0.351 e. The van der Waals surface area contributed by atoms with Crippen molar-refractivity contribution in [3.05, 3.63) is 102 Å². The highest BCUT2D eigenvalue weighted by Gasteiger charge is 2.42. The first-order valence-corrected chi connectivity index (χ1v) is 13.7. The van der Waals surface area contributed by atoms with Crippen molar-refractivity contribution in [3.63, 3.8) is 0 Å². The molecule has 2 N–H and O–H groups in total. The van der Waals surface area contributed by atoms with Crippen LogP contribution in [0.5, 0.6) is 0 Å². The van der Waals surface area contributed by atoms with Crippen LogP contribution in [-0.4, -0.2) is 25.6 Å². The molecule has 9 heteroatoms. The van der Waals surface area contributed by atoms with Gasteiger partial charge >= 0.3 is 0 Å². The first-order chi connectivity index (χ1) is 18.5. The van der Waals surface area contributed by atoms with E-state index in [0.29, 0.717) is 11.5 Å². The number of carbonyl (C=O) groups excluding carboxylic acids is 1. The molecule has 0 spiro atoms. The Morgan fingerprint density at radius 2 is 1.95 bits per heavy atom. The molecule has 1 aliphatic rings. The normalized spacial score (nSPS) is 17.1. The summed E-state index contributed by atoms with van der Waals surface area (Å²) in [5.41, 5.74) is 5.64. The molecule has 0 aliphatic carbocycles. The van der Waals surface area contributed by atoms with Gasteiger partial charge in [-0.2, -0.15) is 0 Å². The van der Waals surface area contributed by atoms with E-state index in [-0.39, 0.29) is 18.0 Å². The van der Waals surface area contributed by atoms with Crippen molar-refractivity contribution in [1.29, 1.82) is 0 Å². The minimum absolute atomic E-state index is 0.0130. The first-order valence-electron chi connectivity index (χ1n) is 12.5. The van der Waals surface area contributed by atoms with E-state index in [2.05, 4.69) is 49.5 Å². The van der Waals surface area contributed by atoms with Crippen LogP contribution in [0.1, 0.15) is 42.4 Å². The number of hydrogen-bond donors (Lipinski definition) is 2. The fourth-order valence-corrected chi connectivity index (χ4v) is 6.20. The molecule has 38 heavy (non-hydrogen) atoms. The second kappa shape index (κ2) is 10.00. The Hall–Kier alpha value is -4.08. The van der Waals surface area contributed by atoms with Crippen LogP contribution in [0.4, 0.5) is 11.4 Å². The summed E-state index contributed by atoms with van der Waals surface area (Å²) in [6, 6.07) is 23.9. The number of thiazole rings is 1. The van der Waals surface area contributed by atoms with Gasteiger partial charge in [0.15, 0.2) is 10.2 Å². The van der Waals surface area contributed by atoms with Crippen LogP contribution in [0.3, 0.4) is 0 Å². The topological polar surface area (TPSA) is 75.1 Å². The second-order valence-electron chi connectivity index (χ2n) is 9.16. The summed E-state index contributed by atoms with van der Waals surface area (Å²) < 4.78 is 3.29. The van der Waals surface area contributed by atoms with E-state index < -0.39 is 0 Å². The number of nitrogens with one attached hydrogen (secondary N) is 2. The molecule has 2 aromatic carbocycles. The van der Waals surface area contributed by atoms with Crippen LogP contribution in [0, 0.1) is 6.92 Å². The smallest absolute Gasteiger partial charge is 0.224 e. The van der Waals surface area contributed by atoms with Crippen molar-refractivity contribution in [3.8, 4) is 5.13 Å². The van der Waals surface area contributed by atoms with Gasteiger partial charge in [0.1, 0.15) is 6.04 Å². The summed E-state index contributed by atoms with van der Waals surface area (Å²) in [7, 11) is 0.